The van der Waals surface area contributed by atoms with Crippen LogP contribution in [0.3, 0.4) is 0 Å². The fourth-order valence-electron chi connectivity index (χ4n) is 2.89. The lowest BCUT2D eigenvalue weighted by Crippen LogP contribution is -2.39. The lowest BCUT2D eigenvalue weighted by atomic mass is 10.1. The average Bonchev–Trinajstić information content (AvgIpc) is 3.05. The lowest BCUT2D eigenvalue weighted by molar-refractivity contribution is 0.0954. The molecule has 2 aromatic rings. The van der Waals surface area contributed by atoms with Crippen molar-refractivity contribution in [2.24, 2.45) is 12.0 Å². The highest BCUT2D eigenvalue weighted by Gasteiger charge is 2.15. The highest BCUT2D eigenvalue weighted by atomic mass is 16.1. The van der Waals surface area contributed by atoms with Crippen molar-refractivity contribution in [3.05, 3.63) is 47.5 Å². The number of carbonyl (C=O) groups is 1. The van der Waals surface area contributed by atoms with E-state index in [4.69, 9.17) is 0 Å². The molecule has 2 aromatic heterocycles. The Labute approximate surface area is 167 Å². The van der Waals surface area contributed by atoms with E-state index in [1.165, 1.54) is 5.56 Å². The van der Waals surface area contributed by atoms with E-state index in [1.54, 1.807) is 24.5 Å². The minimum Gasteiger partial charge on any atom is -0.357 e. The van der Waals surface area contributed by atoms with Crippen LogP contribution in [0.25, 0.3) is 0 Å². The van der Waals surface area contributed by atoms with Crippen LogP contribution in [0.1, 0.15) is 48.3 Å². The summed E-state index contributed by atoms with van der Waals surface area (Å²) in [6.45, 7) is 8.77. The molecule has 0 radical (unpaired) electrons. The van der Waals surface area contributed by atoms with Gasteiger partial charge in [-0.2, -0.15) is 5.10 Å². The summed E-state index contributed by atoms with van der Waals surface area (Å²) in [5.41, 5.74) is 2.85. The molecular weight excluding hydrogens is 354 g/mol. The molecule has 1 amide bonds. The molecule has 0 saturated heterocycles. The van der Waals surface area contributed by atoms with E-state index in [0.717, 1.165) is 24.7 Å². The summed E-state index contributed by atoms with van der Waals surface area (Å²) < 4.78 is 1.86. The van der Waals surface area contributed by atoms with E-state index in [-0.39, 0.29) is 5.91 Å². The molecule has 8 heteroatoms. The van der Waals surface area contributed by atoms with Crippen LogP contribution in [0, 0.1) is 0 Å². The smallest absolute Gasteiger partial charge is 0.252 e. The van der Waals surface area contributed by atoms with Crippen LogP contribution in [0.15, 0.2) is 35.7 Å². The standard InChI is InChI=1S/C20H31N7O/c1-6-22-20(24-11-10-23-19(28)16-8-7-9-21-12-16)26(4)13-17-14-27(5)25-18(17)15(2)3/h7-9,12,14-15H,6,10-11,13H2,1-5H3,(H,22,24)(H,23,28). The third kappa shape index (κ3) is 6.07. The van der Waals surface area contributed by atoms with Crippen molar-refractivity contribution in [1.82, 2.24) is 30.3 Å². The number of aromatic nitrogens is 3. The number of aliphatic imine (C=N–C) groups is 1. The molecule has 152 valence electrons. The zero-order valence-electron chi connectivity index (χ0n) is 17.4. The summed E-state index contributed by atoms with van der Waals surface area (Å²) in [4.78, 5) is 22.7. The van der Waals surface area contributed by atoms with Crippen molar-refractivity contribution in [1.29, 1.82) is 0 Å². The maximum atomic E-state index is 12.1. The molecule has 0 fully saturated rings. The molecule has 0 saturated carbocycles. The van der Waals surface area contributed by atoms with Crippen molar-refractivity contribution in [2.45, 2.75) is 33.2 Å². The fraction of sp³-hybridized carbons (Fsp3) is 0.500. The molecular formula is C20H31N7O. The summed E-state index contributed by atoms with van der Waals surface area (Å²) in [5, 5.41) is 10.7. The van der Waals surface area contributed by atoms with Gasteiger partial charge in [0, 0.05) is 57.9 Å². The molecule has 0 aromatic carbocycles. The molecule has 8 nitrogen and oxygen atoms in total. The Morgan fingerprint density at radius 2 is 2.14 bits per heavy atom. The van der Waals surface area contributed by atoms with Gasteiger partial charge in [0.2, 0.25) is 0 Å². The SMILES string of the molecule is CCNC(=NCCNC(=O)c1cccnc1)N(C)Cc1cn(C)nc1C(C)C. The number of amides is 1. The van der Waals surface area contributed by atoms with Crippen LogP contribution in [0.5, 0.6) is 0 Å². The van der Waals surface area contributed by atoms with Gasteiger partial charge in [-0.05, 0) is 25.0 Å². The highest BCUT2D eigenvalue weighted by Crippen LogP contribution is 2.18. The first-order chi connectivity index (χ1) is 13.4. The van der Waals surface area contributed by atoms with Crippen LogP contribution in [0.4, 0.5) is 0 Å². The number of guanidine groups is 1. The highest BCUT2D eigenvalue weighted by molar-refractivity contribution is 5.93. The van der Waals surface area contributed by atoms with Crippen LogP contribution in [-0.2, 0) is 13.6 Å². The summed E-state index contributed by atoms with van der Waals surface area (Å²) in [5.74, 6) is 1.03. The van der Waals surface area contributed by atoms with Crippen molar-refractivity contribution in [3.8, 4) is 0 Å². The van der Waals surface area contributed by atoms with Crippen LogP contribution in [-0.4, -0.2) is 58.2 Å². The van der Waals surface area contributed by atoms with Gasteiger partial charge in [0.05, 0.1) is 17.8 Å². The summed E-state index contributed by atoms with van der Waals surface area (Å²) in [6, 6.07) is 3.48. The zero-order valence-corrected chi connectivity index (χ0v) is 17.4. The molecule has 0 aliphatic heterocycles. The van der Waals surface area contributed by atoms with E-state index >= 15 is 0 Å². The number of rotatable bonds is 8. The van der Waals surface area contributed by atoms with E-state index in [0.29, 0.717) is 24.6 Å². The first-order valence-electron chi connectivity index (χ1n) is 9.62. The van der Waals surface area contributed by atoms with Crippen LogP contribution < -0.4 is 10.6 Å². The van der Waals surface area contributed by atoms with E-state index in [2.05, 4.69) is 50.7 Å². The second-order valence-electron chi connectivity index (χ2n) is 6.96. The van der Waals surface area contributed by atoms with Gasteiger partial charge < -0.3 is 15.5 Å². The molecule has 0 bridgehead atoms. The third-order valence-electron chi connectivity index (χ3n) is 4.17. The molecule has 0 unspecified atom stereocenters. The molecule has 0 spiro atoms. The Hall–Kier alpha value is -2.90. The normalized spacial score (nSPS) is 11.6. The van der Waals surface area contributed by atoms with Gasteiger partial charge in [-0.3, -0.25) is 19.5 Å². The predicted molar refractivity (Wildman–Crippen MR) is 111 cm³/mol. The van der Waals surface area contributed by atoms with Gasteiger partial charge in [0.15, 0.2) is 5.96 Å². The van der Waals surface area contributed by atoms with E-state index in [9.17, 15) is 4.79 Å². The monoisotopic (exact) mass is 385 g/mol. The number of nitrogens with zero attached hydrogens (tertiary/aromatic N) is 5. The number of carbonyl (C=O) groups excluding carboxylic acids is 1. The van der Waals surface area contributed by atoms with Crippen molar-refractivity contribution >= 4 is 11.9 Å². The topological polar surface area (TPSA) is 87.4 Å². The Kier molecular flexibility index (Phi) is 7.98. The molecule has 0 atom stereocenters. The Morgan fingerprint density at radius 3 is 2.79 bits per heavy atom. The number of hydrogen-bond donors (Lipinski definition) is 2. The van der Waals surface area contributed by atoms with Gasteiger partial charge >= 0.3 is 0 Å². The first-order valence-corrected chi connectivity index (χ1v) is 9.62. The maximum Gasteiger partial charge on any atom is 0.252 e. The predicted octanol–water partition coefficient (Wildman–Crippen LogP) is 1.77. The van der Waals surface area contributed by atoms with Gasteiger partial charge in [-0.25, -0.2) is 0 Å². The summed E-state index contributed by atoms with van der Waals surface area (Å²) in [7, 11) is 3.95. The third-order valence-corrected chi connectivity index (χ3v) is 4.17. The lowest BCUT2D eigenvalue weighted by Gasteiger charge is -2.22. The molecule has 28 heavy (non-hydrogen) atoms. The maximum absolute atomic E-state index is 12.1. The molecule has 0 aliphatic carbocycles. The van der Waals surface area contributed by atoms with Crippen molar-refractivity contribution < 1.29 is 4.79 Å². The number of aryl methyl sites for hydroxylation is 1. The van der Waals surface area contributed by atoms with Crippen molar-refractivity contribution in [3.63, 3.8) is 0 Å². The second-order valence-corrected chi connectivity index (χ2v) is 6.96. The van der Waals surface area contributed by atoms with E-state index < -0.39 is 0 Å². The molecule has 2 heterocycles. The Bertz CT molecular complexity index is 783. The zero-order chi connectivity index (χ0) is 20.5. The Morgan fingerprint density at radius 1 is 1.36 bits per heavy atom. The Balaban J connectivity index is 1.94. The van der Waals surface area contributed by atoms with Gasteiger partial charge in [-0.15, -0.1) is 0 Å². The van der Waals surface area contributed by atoms with Gasteiger partial charge in [0.25, 0.3) is 5.91 Å². The van der Waals surface area contributed by atoms with Crippen LogP contribution in [0.2, 0.25) is 0 Å². The second kappa shape index (κ2) is 10.4. The number of nitrogens with one attached hydrogen (secondary N) is 2. The fourth-order valence-corrected chi connectivity index (χ4v) is 2.89. The van der Waals surface area contributed by atoms with Gasteiger partial charge in [0.1, 0.15) is 0 Å². The molecule has 2 rings (SSSR count). The minimum absolute atomic E-state index is 0.140. The molecule has 2 N–H and O–H groups in total. The number of hydrogen-bond acceptors (Lipinski definition) is 4. The van der Waals surface area contributed by atoms with Crippen LogP contribution >= 0.6 is 0 Å². The quantitative estimate of drug-likeness (QED) is 0.411. The number of pyridine rings is 1. The molecule has 0 aliphatic rings. The van der Waals surface area contributed by atoms with Crippen molar-refractivity contribution in [2.75, 3.05) is 26.7 Å². The van der Waals surface area contributed by atoms with Gasteiger partial charge in [-0.1, -0.05) is 13.8 Å². The summed E-state index contributed by atoms with van der Waals surface area (Å²) >= 11 is 0. The average molecular weight is 386 g/mol. The van der Waals surface area contributed by atoms with E-state index in [1.807, 2.05) is 25.7 Å². The minimum atomic E-state index is -0.140. The summed E-state index contributed by atoms with van der Waals surface area (Å²) in [6.07, 6.45) is 5.26. The first kappa shape index (κ1) is 21.4. The largest absolute Gasteiger partial charge is 0.357 e.